The zero-order valence-corrected chi connectivity index (χ0v) is 10.7. The van der Waals surface area contributed by atoms with Gasteiger partial charge in [-0.15, -0.1) is 0 Å². The zero-order chi connectivity index (χ0) is 13.8. The largest absolute Gasteiger partial charge is 0.485 e. The van der Waals surface area contributed by atoms with Crippen LogP contribution in [-0.2, 0) is 6.61 Å². The molecule has 2 heterocycles. The normalized spacial score (nSPS) is 10.7. The maximum absolute atomic E-state index is 11.2. The van der Waals surface area contributed by atoms with E-state index in [-0.39, 0.29) is 18.1 Å². The second kappa shape index (κ2) is 5.47. The summed E-state index contributed by atoms with van der Waals surface area (Å²) in [6.07, 6.45) is 2.87. The van der Waals surface area contributed by atoms with Crippen molar-refractivity contribution in [1.29, 1.82) is 0 Å². The second-order valence-electron chi connectivity index (χ2n) is 4.23. The summed E-state index contributed by atoms with van der Waals surface area (Å²) < 4.78 is 10.5. The van der Waals surface area contributed by atoms with Gasteiger partial charge in [0.05, 0.1) is 5.56 Å². The summed E-state index contributed by atoms with van der Waals surface area (Å²) in [5.74, 6) is 0.861. The van der Waals surface area contributed by atoms with E-state index in [0.717, 1.165) is 0 Å². The minimum absolute atomic E-state index is 0.0977. The summed E-state index contributed by atoms with van der Waals surface area (Å²) in [5, 5.41) is 3.78. The molecule has 2 aromatic heterocycles. The van der Waals surface area contributed by atoms with Gasteiger partial charge < -0.3 is 15.0 Å². The molecule has 2 N–H and O–H groups in total. The molecule has 2 rings (SSSR count). The van der Waals surface area contributed by atoms with Crippen LogP contribution < -0.4 is 10.5 Å². The lowest BCUT2D eigenvalue weighted by molar-refractivity contribution is 0.0995. The Morgan fingerprint density at radius 2 is 2.32 bits per heavy atom. The van der Waals surface area contributed by atoms with Crippen LogP contribution in [0, 0.1) is 0 Å². The lowest BCUT2D eigenvalue weighted by Gasteiger charge is -2.06. The molecule has 100 valence electrons. The van der Waals surface area contributed by atoms with Crippen LogP contribution in [-0.4, -0.2) is 21.0 Å². The Hall–Kier alpha value is -2.44. The van der Waals surface area contributed by atoms with Crippen LogP contribution in [0.3, 0.4) is 0 Å². The van der Waals surface area contributed by atoms with Gasteiger partial charge in [0.2, 0.25) is 11.7 Å². The van der Waals surface area contributed by atoms with Crippen LogP contribution in [0.4, 0.5) is 0 Å². The third-order valence-electron chi connectivity index (χ3n) is 2.38. The maximum Gasteiger partial charge on any atom is 0.254 e. The number of hydrogen-bond acceptors (Lipinski definition) is 6. The summed E-state index contributed by atoms with van der Waals surface area (Å²) >= 11 is 0. The van der Waals surface area contributed by atoms with E-state index in [1.807, 2.05) is 13.8 Å². The molecular weight excluding hydrogens is 248 g/mol. The fourth-order valence-corrected chi connectivity index (χ4v) is 1.40. The fourth-order valence-electron chi connectivity index (χ4n) is 1.40. The highest BCUT2D eigenvalue weighted by molar-refractivity contribution is 5.95. The first-order valence-electron chi connectivity index (χ1n) is 5.77. The lowest BCUT2D eigenvalue weighted by atomic mass is 10.2. The Bertz CT molecular complexity index is 580. The SMILES string of the molecule is CC(C)c1nc(COc2ccncc2C(N)=O)no1. The molecule has 0 saturated heterocycles. The number of primary amides is 1. The number of carbonyl (C=O) groups is 1. The summed E-state index contributed by atoms with van der Waals surface area (Å²) in [6, 6.07) is 1.56. The Morgan fingerprint density at radius 1 is 1.53 bits per heavy atom. The van der Waals surface area contributed by atoms with Crippen LogP contribution in [0.2, 0.25) is 0 Å². The monoisotopic (exact) mass is 262 g/mol. The number of amides is 1. The first-order valence-corrected chi connectivity index (χ1v) is 5.77. The topological polar surface area (TPSA) is 104 Å². The summed E-state index contributed by atoms with van der Waals surface area (Å²) in [7, 11) is 0. The van der Waals surface area contributed by atoms with Crippen molar-refractivity contribution in [3.05, 3.63) is 35.7 Å². The fraction of sp³-hybridized carbons (Fsp3) is 0.333. The smallest absolute Gasteiger partial charge is 0.254 e. The van der Waals surface area contributed by atoms with Gasteiger partial charge in [0, 0.05) is 18.3 Å². The standard InChI is InChI=1S/C12H14N4O3/c1-7(2)12-15-10(16-19-12)6-18-9-3-4-14-5-8(9)11(13)17/h3-5,7H,6H2,1-2H3,(H2,13,17). The van der Waals surface area contributed by atoms with E-state index in [4.69, 9.17) is 15.0 Å². The molecule has 7 nitrogen and oxygen atoms in total. The quantitative estimate of drug-likeness (QED) is 0.869. The van der Waals surface area contributed by atoms with Crippen molar-refractivity contribution in [2.24, 2.45) is 5.73 Å². The highest BCUT2D eigenvalue weighted by Crippen LogP contribution is 2.17. The number of aromatic nitrogens is 3. The summed E-state index contributed by atoms with van der Waals surface area (Å²) in [5.41, 5.74) is 5.44. The molecule has 2 aromatic rings. The predicted molar refractivity (Wildman–Crippen MR) is 65.5 cm³/mol. The van der Waals surface area contributed by atoms with Gasteiger partial charge in [-0.3, -0.25) is 9.78 Å². The third kappa shape index (κ3) is 3.06. The number of hydrogen-bond donors (Lipinski definition) is 1. The maximum atomic E-state index is 11.2. The molecule has 0 aliphatic heterocycles. The number of nitrogens with zero attached hydrogens (tertiary/aromatic N) is 3. The van der Waals surface area contributed by atoms with Crippen molar-refractivity contribution >= 4 is 5.91 Å². The van der Waals surface area contributed by atoms with Crippen molar-refractivity contribution in [1.82, 2.24) is 15.1 Å². The molecule has 0 atom stereocenters. The molecule has 0 spiro atoms. The van der Waals surface area contributed by atoms with Crippen molar-refractivity contribution in [3.8, 4) is 5.75 Å². The van der Waals surface area contributed by atoms with E-state index < -0.39 is 5.91 Å². The molecule has 0 radical (unpaired) electrons. The van der Waals surface area contributed by atoms with Gasteiger partial charge in [-0.1, -0.05) is 19.0 Å². The van der Waals surface area contributed by atoms with Gasteiger partial charge in [-0.05, 0) is 6.07 Å². The molecule has 7 heteroatoms. The summed E-state index contributed by atoms with van der Waals surface area (Å²) in [4.78, 5) is 19.2. The van der Waals surface area contributed by atoms with Gasteiger partial charge in [0.25, 0.3) is 5.91 Å². The van der Waals surface area contributed by atoms with E-state index in [1.165, 1.54) is 12.4 Å². The van der Waals surface area contributed by atoms with E-state index in [0.29, 0.717) is 17.5 Å². The van der Waals surface area contributed by atoms with Crippen LogP contribution in [0.25, 0.3) is 0 Å². The molecular formula is C12H14N4O3. The minimum atomic E-state index is -0.598. The van der Waals surface area contributed by atoms with E-state index in [1.54, 1.807) is 6.07 Å². The Kier molecular flexibility index (Phi) is 3.74. The number of carbonyl (C=O) groups excluding carboxylic acids is 1. The van der Waals surface area contributed by atoms with Crippen LogP contribution in [0.15, 0.2) is 23.0 Å². The van der Waals surface area contributed by atoms with E-state index in [2.05, 4.69) is 15.1 Å². The van der Waals surface area contributed by atoms with Crippen molar-refractivity contribution in [2.75, 3.05) is 0 Å². The first-order chi connectivity index (χ1) is 9.08. The molecule has 0 bridgehead atoms. The highest BCUT2D eigenvalue weighted by atomic mass is 16.5. The average Bonchev–Trinajstić information content (AvgIpc) is 2.85. The predicted octanol–water partition coefficient (Wildman–Crippen LogP) is 1.27. The van der Waals surface area contributed by atoms with Crippen molar-refractivity contribution in [3.63, 3.8) is 0 Å². The zero-order valence-electron chi connectivity index (χ0n) is 10.7. The number of pyridine rings is 1. The molecule has 0 aromatic carbocycles. The molecule has 19 heavy (non-hydrogen) atoms. The summed E-state index contributed by atoms with van der Waals surface area (Å²) in [6.45, 7) is 4.00. The molecule has 1 amide bonds. The first kappa shape index (κ1) is 13.0. The third-order valence-corrected chi connectivity index (χ3v) is 2.38. The molecule has 0 unspecified atom stereocenters. The van der Waals surface area contributed by atoms with E-state index in [9.17, 15) is 4.79 Å². The Morgan fingerprint density at radius 3 is 2.95 bits per heavy atom. The number of rotatable bonds is 5. The van der Waals surface area contributed by atoms with Crippen LogP contribution in [0.5, 0.6) is 5.75 Å². The Balaban J connectivity index is 2.08. The molecule has 0 aliphatic carbocycles. The highest BCUT2D eigenvalue weighted by Gasteiger charge is 2.13. The minimum Gasteiger partial charge on any atom is -0.485 e. The van der Waals surface area contributed by atoms with Gasteiger partial charge in [0.15, 0.2) is 6.61 Å². The van der Waals surface area contributed by atoms with Gasteiger partial charge in [0.1, 0.15) is 5.75 Å². The van der Waals surface area contributed by atoms with Crippen molar-refractivity contribution in [2.45, 2.75) is 26.4 Å². The van der Waals surface area contributed by atoms with E-state index >= 15 is 0 Å². The molecule has 0 fully saturated rings. The van der Waals surface area contributed by atoms with Gasteiger partial charge >= 0.3 is 0 Å². The van der Waals surface area contributed by atoms with Crippen molar-refractivity contribution < 1.29 is 14.1 Å². The second-order valence-corrected chi connectivity index (χ2v) is 4.23. The van der Waals surface area contributed by atoms with Crippen LogP contribution >= 0.6 is 0 Å². The Labute approximate surface area is 109 Å². The lowest BCUT2D eigenvalue weighted by Crippen LogP contribution is -2.13. The van der Waals surface area contributed by atoms with Crippen LogP contribution in [0.1, 0.15) is 41.8 Å². The molecule has 0 saturated carbocycles. The molecule has 0 aliphatic rings. The number of nitrogens with two attached hydrogens (primary N) is 1. The van der Waals surface area contributed by atoms with Gasteiger partial charge in [-0.25, -0.2) is 0 Å². The van der Waals surface area contributed by atoms with Gasteiger partial charge in [-0.2, -0.15) is 4.98 Å². The average molecular weight is 262 g/mol. The number of ether oxygens (including phenoxy) is 1.